The summed E-state index contributed by atoms with van der Waals surface area (Å²) in [6, 6.07) is 9.78. The van der Waals surface area contributed by atoms with Gasteiger partial charge in [0.25, 0.3) is 10.2 Å². The van der Waals surface area contributed by atoms with Gasteiger partial charge in [0.05, 0.1) is 11.9 Å². The van der Waals surface area contributed by atoms with Crippen LogP contribution in [0.2, 0.25) is 0 Å². The molecular weight excluding hydrogens is 374 g/mol. The average Bonchev–Trinajstić information content (AvgIpc) is 2.69. The molecule has 0 amide bonds. The van der Waals surface area contributed by atoms with Gasteiger partial charge in [0.2, 0.25) is 0 Å². The van der Waals surface area contributed by atoms with E-state index >= 15 is 0 Å². The second-order valence-corrected chi connectivity index (χ2v) is 8.98. The van der Waals surface area contributed by atoms with E-state index in [2.05, 4.69) is 15.3 Å². The van der Waals surface area contributed by atoms with Crippen LogP contribution >= 0.6 is 0 Å². The molecule has 1 atom stereocenters. The number of rotatable bonds is 7. The van der Waals surface area contributed by atoms with Gasteiger partial charge in [-0.05, 0) is 44.0 Å². The number of nitrogens with zero attached hydrogens (tertiary/aromatic N) is 4. The van der Waals surface area contributed by atoms with Crippen LogP contribution in [0.15, 0.2) is 36.5 Å². The average molecular weight is 404 g/mol. The second-order valence-electron chi connectivity index (χ2n) is 7.05. The van der Waals surface area contributed by atoms with Gasteiger partial charge >= 0.3 is 0 Å². The minimum atomic E-state index is -3.40. The Bertz CT molecular complexity index is 882. The highest BCUT2D eigenvalue weighted by Gasteiger charge is 2.33. The Morgan fingerprint density at radius 2 is 2.00 bits per heavy atom. The fraction of sp³-hybridized carbons (Fsp3) is 0.500. The Hall–Kier alpha value is -2.03. The van der Waals surface area contributed by atoms with Crippen molar-refractivity contribution >= 4 is 21.7 Å². The van der Waals surface area contributed by atoms with Crippen LogP contribution < -0.4 is 5.32 Å². The number of pyridine rings is 2. The smallest absolute Gasteiger partial charge is 0.281 e. The van der Waals surface area contributed by atoms with Gasteiger partial charge in [-0.1, -0.05) is 19.9 Å². The largest absolute Gasteiger partial charge is 0.339 e. The minimum absolute atomic E-state index is 0.116. The van der Waals surface area contributed by atoms with Crippen LogP contribution in [0.1, 0.15) is 44.0 Å². The molecular formula is C20H29N5O2S. The maximum Gasteiger partial charge on any atom is 0.281 e. The van der Waals surface area contributed by atoms with Gasteiger partial charge in [-0.2, -0.15) is 17.0 Å². The van der Waals surface area contributed by atoms with Gasteiger partial charge in [-0.3, -0.25) is 4.98 Å². The van der Waals surface area contributed by atoms with Gasteiger partial charge in [0.1, 0.15) is 5.82 Å². The Morgan fingerprint density at radius 1 is 1.21 bits per heavy atom. The maximum absolute atomic E-state index is 12.8. The molecule has 152 valence electrons. The first-order valence-corrected chi connectivity index (χ1v) is 11.3. The highest BCUT2D eigenvalue weighted by molar-refractivity contribution is 7.86. The van der Waals surface area contributed by atoms with Crippen LogP contribution in [0.4, 0.5) is 11.5 Å². The predicted molar refractivity (Wildman–Crippen MR) is 112 cm³/mol. The molecule has 3 heterocycles. The highest BCUT2D eigenvalue weighted by atomic mass is 32.2. The van der Waals surface area contributed by atoms with E-state index < -0.39 is 10.2 Å². The van der Waals surface area contributed by atoms with E-state index in [1.54, 1.807) is 10.5 Å². The monoisotopic (exact) mass is 403 g/mol. The van der Waals surface area contributed by atoms with Crippen molar-refractivity contribution in [2.45, 2.75) is 39.5 Å². The molecule has 1 fully saturated rings. The third kappa shape index (κ3) is 4.68. The molecule has 0 spiro atoms. The lowest BCUT2D eigenvalue weighted by molar-refractivity contribution is 0.285. The van der Waals surface area contributed by atoms with Crippen LogP contribution in [0.3, 0.4) is 0 Å². The van der Waals surface area contributed by atoms with Crippen LogP contribution in [0.5, 0.6) is 0 Å². The van der Waals surface area contributed by atoms with Crippen molar-refractivity contribution in [2.75, 3.05) is 31.5 Å². The molecule has 2 aromatic heterocycles. The quantitative estimate of drug-likeness (QED) is 0.767. The maximum atomic E-state index is 12.8. The van der Waals surface area contributed by atoms with E-state index in [1.165, 1.54) is 4.31 Å². The number of hydrogen-bond donors (Lipinski definition) is 1. The lowest BCUT2D eigenvalue weighted by atomic mass is 9.95. The number of aromatic nitrogens is 2. The zero-order chi connectivity index (χ0) is 20.1. The van der Waals surface area contributed by atoms with Crippen LogP contribution in [-0.4, -0.2) is 53.2 Å². The Balaban J connectivity index is 1.69. The van der Waals surface area contributed by atoms with Crippen molar-refractivity contribution in [3.05, 3.63) is 47.9 Å². The summed E-state index contributed by atoms with van der Waals surface area (Å²) in [6.45, 7) is 7.74. The molecule has 0 aromatic carbocycles. The Labute approximate surface area is 168 Å². The van der Waals surface area contributed by atoms with Crippen molar-refractivity contribution in [3.8, 4) is 0 Å². The minimum Gasteiger partial charge on any atom is -0.339 e. The molecule has 8 heteroatoms. The summed E-state index contributed by atoms with van der Waals surface area (Å²) in [5.74, 6) is 0.897. The summed E-state index contributed by atoms with van der Waals surface area (Å²) < 4.78 is 28.8. The van der Waals surface area contributed by atoms with Crippen LogP contribution in [0.25, 0.3) is 0 Å². The molecule has 1 N–H and O–H groups in total. The fourth-order valence-corrected chi connectivity index (χ4v) is 5.30. The Kier molecular flexibility index (Phi) is 6.64. The normalized spacial score (nSPS) is 18.4. The summed E-state index contributed by atoms with van der Waals surface area (Å²) >= 11 is 0. The molecule has 3 rings (SSSR count). The molecule has 0 radical (unpaired) electrons. The third-order valence-electron chi connectivity index (χ3n) is 5.11. The zero-order valence-electron chi connectivity index (χ0n) is 16.8. The highest BCUT2D eigenvalue weighted by Crippen LogP contribution is 2.28. The van der Waals surface area contributed by atoms with Gasteiger partial charge < -0.3 is 5.32 Å². The first kappa shape index (κ1) is 20.7. The molecule has 0 saturated carbocycles. The first-order valence-electron chi connectivity index (χ1n) is 9.86. The summed E-state index contributed by atoms with van der Waals surface area (Å²) in [5, 5.41) is 3.25. The van der Waals surface area contributed by atoms with E-state index in [-0.39, 0.29) is 5.92 Å². The predicted octanol–water partition coefficient (Wildman–Crippen LogP) is 3.29. The molecule has 0 aliphatic carbocycles. The zero-order valence-corrected chi connectivity index (χ0v) is 17.6. The summed E-state index contributed by atoms with van der Waals surface area (Å²) in [6.07, 6.45) is 3.58. The van der Waals surface area contributed by atoms with Crippen LogP contribution in [-0.2, 0) is 10.2 Å². The van der Waals surface area contributed by atoms with Crippen molar-refractivity contribution in [1.82, 2.24) is 18.6 Å². The van der Waals surface area contributed by atoms with Crippen molar-refractivity contribution < 1.29 is 8.42 Å². The van der Waals surface area contributed by atoms with E-state index in [1.807, 2.05) is 51.1 Å². The third-order valence-corrected chi connectivity index (χ3v) is 7.26. The lowest BCUT2D eigenvalue weighted by Crippen LogP contribution is -2.47. The molecule has 1 aliphatic rings. The molecule has 7 nitrogen and oxygen atoms in total. The standard InChI is InChI=1S/C20H29N5O2S/c1-4-24(5-2)28(26,27)25-13-7-9-17(15-25)19-12-11-18(14-21-19)23-20-10-6-8-16(3)22-20/h6,8,10-12,14,17H,4-5,7,9,13,15H2,1-3H3,(H,22,23)/t17-/m0/s1. The summed E-state index contributed by atoms with van der Waals surface area (Å²) in [5.41, 5.74) is 2.75. The van der Waals surface area contributed by atoms with E-state index in [0.717, 1.165) is 35.7 Å². The van der Waals surface area contributed by atoms with Gasteiger partial charge in [-0.25, -0.2) is 4.98 Å². The molecule has 2 aromatic rings. The van der Waals surface area contributed by atoms with Gasteiger partial charge in [-0.15, -0.1) is 0 Å². The fourth-order valence-electron chi connectivity index (χ4n) is 3.59. The van der Waals surface area contributed by atoms with Gasteiger partial charge in [0.15, 0.2) is 0 Å². The number of piperidine rings is 1. The van der Waals surface area contributed by atoms with Crippen molar-refractivity contribution in [2.24, 2.45) is 0 Å². The van der Waals surface area contributed by atoms with Gasteiger partial charge in [0, 0.05) is 43.5 Å². The molecule has 1 saturated heterocycles. The molecule has 0 unspecified atom stereocenters. The van der Waals surface area contributed by atoms with Crippen molar-refractivity contribution in [3.63, 3.8) is 0 Å². The number of hydrogen-bond acceptors (Lipinski definition) is 5. The summed E-state index contributed by atoms with van der Waals surface area (Å²) in [7, 11) is -3.40. The van der Waals surface area contributed by atoms with E-state index in [4.69, 9.17) is 0 Å². The number of nitrogens with one attached hydrogen (secondary N) is 1. The summed E-state index contributed by atoms with van der Waals surface area (Å²) in [4.78, 5) is 9.03. The molecule has 28 heavy (non-hydrogen) atoms. The SMILES string of the molecule is CCN(CC)S(=O)(=O)N1CCC[C@H](c2ccc(Nc3cccc(C)n3)cn2)C1. The van der Waals surface area contributed by atoms with Crippen molar-refractivity contribution in [1.29, 1.82) is 0 Å². The second kappa shape index (κ2) is 8.98. The molecule has 1 aliphatic heterocycles. The van der Waals surface area contributed by atoms with Crippen LogP contribution in [0, 0.1) is 6.92 Å². The lowest BCUT2D eigenvalue weighted by Gasteiger charge is -2.34. The topological polar surface area (TPSA) is 78.4 Å². The Morgan fingerprint density at radius 3 is 2.64 bits per heavy atom. The van der Waals surface area contributed by atoms with E-state index in [0.29, 0.717) is 26.2 Å². The van der Waals surface area contributed by atoms with E-state index in [9.17, 15) is 8.42 Å². The number of aryl methyl sites for hydroxylation is 1. The first-order chi connectivity index (χ1) is 13.4. The molecule has 0 bridgehead atoms. The number of anilines is 2.